The van der Waals surface area contributed by atoms with Gasteiger partial charge in [-0.2, -0.15) is 0 Å². The fourth-order valence-corrected chi connectivity index (χ4v) is 1.26. The molecule has 3 nitrogen and oxygen atoms in total. The molecule has 0 atom stereocenters. The van der Waals surface area contributed by atoms with Crippen LogP contribution in [0.5, 0.6) is 11.5 Å². The van der Waals surface area contributed by atoms with Crippen molar-refractivity contribution in [3.05, 3.63) is 23.8 Å². The molecule has 1 aliphatic heterocycles. The van der Waals surface area contributed by atoms with Crippen LogP contribution in [0.4, 0.5) is 0 Å². The van der Waals surface area contributed by atoms with Gasteiger partial charge < -0.3 is 14.2 Å². The van der Waals surface area contributed by atoms with E-state index < -0.39 is 0 Å². The van der Waals surface area contributed by atoms with E-state index in [2.05, 4.69) is 0 Å². The molecular weight excluding hydrogens is 156 g/mol. The zero-order chi connectivity index (χ0) is 8.39. The molecule has 1 aliphatic rings. The van der Waals surface area contributed by atoms with Crippen LogP contribution in [-0.2, 0) is 11.3 Å². The zero-order valence-electron chi connectivity index (χ0n) is 6.87. The Morgan fingerprint density at radius 2 is 2.33 bits per heavy atom. The van der Waals surface area contributed by atoms with E-state index in [1.807, 2.05) is 18.2 Å². The molecule has 64 valence electrons. The van der Waals surface area contributed by atoms with E-state index in [9.17, 15) is 0 Å². The smallest absolute Gasteiger partial charge is 0.231 e. The van der Waals surface area contributed by atoms with Crippen LogP contribution >= 0.6 is 0 Å². The molecule has 0 aliphatic carbocycles. The number of hydrogen-bond donors (Lipinski definition) is 0. The van der Waals surface area contributed by atoms with Crippen LogP contribution in [0.3, 0.4) is 0 Å². The Kier molecular flexibility index (Phi) is 1.87. The van der Waals surface area contributed by atoms with Gasteiger partial charge in [-0.05, 0) is 6.07 Å². The van der Waals surface area contributed by atoms with E-state index in [-0.39, 0.29) is 0 Å². The Hall–Kier alpha value is -1.22. The molecule has 0 unspecified atom stereocenters. The van der Waals surface area contributed by atoms with Crippen LogP contribution in [0.15, 0.2) is 18.2 Å². The van der Waals surface area contributed by atoms with Gasteiger partial charge in [0.15, 0.2) is 11.5 Å². The third-order valence-electron chi connectivity index (χ3n) is 1.78. The van der Waals surface area contributed by atoms with Crippen LogP contribution in [0, 0.1) is 0 Å². The summed E-state index contributed by atoms with van der Waals surface area (Å²) in [6.07, 6.45) is 0. The maximum atomic E-state index is 5.28. The van der Waals surface area contributed by atoms with Gasteiger partial charge in [0.05, 0.1) is 6.61 Å². The molecule has 1 heterocycles. The van der Waals surface area contributed by atoms with Crippen molar-refractivity contribution >= 4 is 0 Å². The lowest BCUT2D eigenvalue weighted by molar-refractivity contribution is 0.163. The first-order chi connectivity index (χ1) is 5.92. The monoisotopic (exact) mass is 166 g/mol. The summed E-state index contributed by atoms with van der Waals surface area (Å²) in [5.74, 6) is 1.63. The van der Waals surface area contributed by atoms with Gasteiger partial charge in [-0.1, -0.05) is 12.1 Å². The van der Waals surface area contributed by atoms with Crippen molar-refractivity contribution in [1.82, 2.24) is 0 Å². The maximum Gasteiger partial charge on any atom is 0.231 e. The van der Waals surface area contributed by atoms with Crippen molar-refractivity contribution in [3.63, 3.8) is 0 Å². The minimum Gasteiger partial charge on any atom is -0.454 e. The molecule has 1 aromatic carbocycles. The second kappa shape index (κ2) is 3.03. The SMILES string of the molecule is COCc1cccc2c1OCO2. The van der Waals surface area contributed by atoms with Crippen molar-refractivity contribution in [2.45, 2.75) is 6.61 Å². The Morgan fingerprint density at radius 1 is 1.42 bits per heavy atom. The fourth-order valence-electron chi connectivity index (χ4n) is 1.26. The minimum atomic E-state index is 0.316. The van der Waals surface area contributed by atoms with Gasteiger partial charge in [-0.15, -0.1) is 0 Å². The highest BCUT2D eigenvalue weighted by Gasteiger charge is 2.16. The molecule has 2 rings (SSSR count). The largest absolute Gasteiger partial charge is 0.454 e. The summed E-state index contributed by atoms with van der Waals surface area (Å²) in [6.45, 7) is 0.878. The lowest BCUT2D eigenvalue weighted by Gasteiger charge is -2.03. The van der Waals surface area contributed by atoms with Gasteiger partial charge in [0.1, 0.15) is 0 Å². The van der Waals surface area contributed by atoms with Crippen molar-refractivity contribution in [2.75, 3.05) is 13.9 Å². The summed E-state index contributed by atoms with van der Waals surface area (Å²) < 4.78 is 15.5. The highest BCUT2D eigenvalue weighted by atomic mass is 16.7. The van der Waals surface area contributed by atoms with Gasteiger partial charge in [0.2, 0.25) is 6.79 Å². The minimum absolute atomic E-state index is 0.316. The van der Waals surface area contributed by atoms with Crippen molar-refractivity contribution in [2.24, 2.45) is 0 Å². The average molecular weight is 166 g/mol. The Morgan fingerprint density at radius 3 is 3.17 bits per heavy atom. The van der Waals surface area contributed by atoms with Crippen LogP contribution in [0.2, 0.25) is 0 Å². The summed E-state index contributed by atoms with van der Waals surface area (Å²) in [7, 11) is 1.66. The lowest BCUT2D eigenvalue weighted by Crippen LogP contribution is -1.95. The van der Waals surface area contributed by atoms with Crippen molar-refractivity contribution in [1.29, 1.82) is 0 Å². The van der Waals surface area contributed by atoms with Gasteiger partial charge in [0.25, 0.3) is 0 Å². The number of rotatable bonds is 2. The van der Waals surface area contributed by atoms with E-state index >= 15 is 0 Å². The molecule has 12 heavy (non-hydrogen) atoms. The highest BCUT2D eigenvalue weighted by molar-refractivity contribution is 5.47. The molecule has 0 fully saturated rings. The first-order valence-electron chi connectivity index (χ1n) is 3.78. The number of hydrogen-bond acceptors (Lipinski definition) is 3. The number of para-hydroxylation sites is 1. The first-order valence-corrected chi connectivity index (χ1v) is 3.78. The number of methoxy groups -OCH3 is 1. The Balaban J connectivity index is 2.36. The summed E-state index contributed by atoms with van der Waals surface area (Å²) in [5.41, 5.74) is 1.03. The molecule has 1 aromatic rings. The van der Waals surface area contributed by atoms with E-state index in [0.717, 1.165) is 17.1 Å². The third-order valence-corrected chi connectivity index (χ3v) is 1.78. The number of fused-ring (bicyclic) bond motifs is 1. The summed E-state index contributed by atoms with van der Waals surface area (Å²) in [6, 6.07) is 5.79. The van der Waals surface area contributed by atoms with E-state index in [1.165, 1.54) is 0 Å². The number of ether oxygens (including phenoxy) is 3. The maximum absolute atomic E-state index is 5.28. The van der Waals surface area contributed by atoms with Crippen LogP contribution in [-0.4, -0.2) is 13.9 Å². The quantitative estimate of drug-likeness (QED) is 0.667. The topological polar surface area (TPSA) is 27.7 Å². The molecule has 0 spiro atoms. The molecule has 0 saturated carbocycles. The molecular formula is C9H10O3. The molecule has 0 bridgehead atoms. The molecule has 0 aromatic heterocycles. The van der Waals surface area contributed by atoms with Gasteiger partial charge in [-0.25, -0.2) is 0 Å². The normalized spacial score (nSPS) is 13.4. The molecule has 0 radical (unpaired) electrons. The first kappa shape index (κ1) is 7.43. The molecule has 0 saturated heterocycles. The second-order valence-corrected chi connectivity index (χ2v) is 2.58. The summed E-state index contributed by atoms with van der Waals surface area (Å²) >= 11 is 0. The molecule has 0 N–H and O–H groups in total. The van der Waals surface area contributed by atoms with Gasteiger partial charge >= 0.3 is 0 Å². The van der Waals surface area contributed by atoms with Crippen LogP contribution < -0.4 is 9.47 Å². The van der Waals surface area contributed by atoms with E-state index in [4.69, 9.17) is 14.2 Å². The Labute approximate surface area is 70.9 Å². The fraction of sp³-hybridized carbons (Fsp3) is 0.333. The van der Waals surface area contributed by atoms with E-state index in [0.29, 0.717) is 13.4 Å². The Bertz CT molecular complexity index is 283. The summed E-state index contributed by atoms with van der Waals surface area (Å²) in [5, 5.41) is 0. The third kappa shape index (κ3) is 1.12. The predicted octanol–water partition coefficient (Wildman–Crippen LogP) is 1.56. The van der Waals surface area contributed by atoms with Crippen molar-refractivity contribution in [3.8, 4) is 11.5 Å². The lowest BCUT2D eigenvalue weighted by atomic mass is 10.2. The molecule has 3 heteroatoms. The van der Waals surface area contributed by atoms with E-state index in [1.54, 1.807) is 7.11 Å². The zero-order valence-corrected chi connectivity index (χ0v) is 6.87. The van der Waals surface area contributed by atoms with Crippen LogP contribution in [0.25, 0.3) is 0 Å². The van der Waals surface area contributed by atoms with Gasteiger partial charge in [-0.3, -0.25) is 0 Å². The standard InChI is InChI=1S/C9H10O3/c1-10-5-7-3-2-4-8-9(7)12-6-11-8/h2-4H,5-6H2,1H3. The molecule has 0 amide bonds. The van der Waals surface area contributed by atoms with Crippen molar-refractivity contribution < 1.29 is 14.2 Å². The second-order valence-electron chi connectivity index (χ2n) is 2.58. The predicted molar refractivity (Wildman–Crippen MR) is 43.3 cm³/mol. The highest BCUT2D eigenvalue weighted by Crippen LogP contribution is 2.35. The summed E-state index contributed by atoms with van der Waals surface area (Å²) in [4.78, 5) is 0. The average Bonchev–Trinajstić information content (AvgIpc) is 2.53. The number of benzene rings is 1. The van der Waals surface area contributed by atoms with Crippen LogP contribution in [0.1, 0.15) is 5.56 Å². The van der Waals surface area contributed by atoms with Gasteiger partial charge in [0, 0.05) is 12.7 Å².